The molecule has 8 heteroatoms. The lowest BCUT2D eigenvalue weighted by atomic mass is 10.1. The van der Waals surface area contributed by atoms with Crippen molar-refractivity contribution in [1.82, 2.24) is 19.7 Å². The molecular weight excluding hydrogens is 456 g/mol. The van der Waals surface area contributed by atoms with Gasteiger partial charge in [0.05, 0.1) is 18.4 Å². The summed E-state index contributed by atoms with van der Waals surface area (Å²) in [6, 6.07) is 22.7. The van der Waals surface area contributed by atoms with Crippen molar-refractivity contribution in [3.05, 3.63) is 89.6 Å². The molecule has 33 heavy (non-hydrogen) atoms. The first-order valence-corrected chi connectivity index (χ1v) is 11.6. The maximum atomic E-state index is 12.9. The standard InChI is InChI=1S/C25H19ClN4O2S/c1-32-23-9-5-3-7-19(23)22(31)15-33-25-29-28-24(30(25)17-12-10-16(26)11-13-17)20-14-27-21-8-4-2-6-18(20)21/h2-14,27H,15H2,1H3. The third-order valence-corrected chi connectivity index (χ3v) is 6.47. The van der Waals surface area contributed by atoms with Crippen LogP contribution in [0.2, 0.25) is 5.02 Å². The molecule has 0 spiro atoms. The number of carbonyl (C=O) groups is 1. The summed E-state index contributed by atoms with van der Waals surface area (Å²) in [5.41, 5.74) is 3.34. The predicted octanol–water partition coefficient (Wildman–Crippen LogP) is 6.05. The molecule has 0 saturated heterocycles. The molecular formula is C25H19ClN4O2S. The highest BCUT2D eigenvalue weighted by Crippen LogP contribution is 2.33. The number of thioether (sulfide) groups is 1. The number of H-pyrrole nitrogens is 1. The summed E-state index contributed by atoms with van der Waals surface area (Å²) in [7, 11) is 1.56. The van der Waals surface area contributed by atoms with Crippen molar-refractivity contribution in [2.24, 2.45) is 0 Å². The molecule has 0 unspecified atom stereocenters. The molecule has 0 fully saturated rings. The van der Waals surface area contributed by atoms with Crippen molar-refractivity contribution in [2.45, 2.75) is 5.16 Å². The van der Waals surface area contributed by atoms with E-state index in [1.54, 1.807) is 19.2 Å². The molecule has 5 aromatic rings. The highest BCUT2D eigenvalue weighted by Gasteiger charge is 2.20. The molecule has 164 valence electrons. The summed E-state index contributed by atoms with van der Waals surface area (Å²) in [6.07, 6.45) is 1.93. The Labute approximate surface area is 199 Å². The van der Waals surface area contributed by atoms with E-state index in [9.17, 15) is 4.79 Å². The van der Waals surface area contributed by atoms with Gasteiger partial charge in [-0.05, 0) is 42.5 Å². The maximum absolute atomic E-state index is 12.9. The Kier molecular flexibility index (Phi) is 5.90. The zero-order valence-electron chi connectivity index (χ0n) is 17.7. The smallest absolute Gasteiger partial charge is 0.196 e. The van der Waals surface area contributed by atoms with E-state index in [-0.39, 0.29) is 11.5 Å². The van der Waals surface area contributed by atoms with E-state index in [1.165, 1.54) is 11.8 Å². The largest absolute Gasteiger partial charge is 0.496 e. The number of aromatic nitrogens is 4. The maximum Gasteiger partial charge on any atom is 0.196 e. The number of benzene rings is 3. The molecule has 0 aliphatic heterocycles. The van der Waals surface area contributed by atoms with Gasteiger partial charge in [0.25, 0.3) is 0 Å². The van der Waals surface area contributed by atoms with Gasteiger partial charge >= 0.3 is 0 Å². The Morgan fingerprint density at radius 2 is 1.79 bits per heavy atom. The molecule has 2 aromatic heterocycles. The minimum absolute atomic E-state index is 0.0447. The molecule has 2 heterocycles. The average molecular weight is 475 g/mol. The number of ether oxygens (including phenoxy) is 1. The van der Waals surface area contributed by atoms with Crippen LogP contribution in [0.5, 0.6) is 5.75 Å². The van der Waals surface area contributed by atoms with Crippen LogP contribution in [0.15, 0.2) is 84.1 Å². The summed E-state index contributed by atoms with van der Waals surface area (Å²) in [5.74, 6) is 1.39. The summed E-state index contributed by atoms with van der Waals surface area (Å²) in [4.78, 5) is 16.2. The van der Waals surface area contributed by atoms with E-state index in [2.05, 4.69) is 15.2 Å². The Morgan fingerprint density at radius 3 is 2.61 bits per heavy atom. The van der Waals surface area contributed by atoms with E-state index >= 15 is 0 Å². The van der Waals surface area contributed by atoms with Crippen LogP contribution < -0.4 is 4.74 Å². The van der Waals surface area contributed by atoms with E-state index in [1.807, 2.05) is 71.4 Å². The second kappa shape index (κ2) is 9.13. The van der Waals surface area contributed by atoms with Crippen LogP contribution >= 0.6 is 23.4 Å². The van der Waals surface area contributed by atoms with Crippen LogP contribution in [0.25, 0.3) is 28.0 Å². The van der Waals surface area contributed by atoms with Gasteiger partial charge < -0.3 is 9.72 Å². The first kappa shape index (κ1) is 21.3. The number of nitrogens with zero attached hydrogens (tertiary/aromatic N) is 3. The van der Waals surface area contributed by atoms with Crippen LogP contribution in [-0.4, -0.2) is 38.4 Å². The number of rotatable bonds is 7. The third-order valence-electron chi connectivity index (χ3n) is 5.29. The fourth-order valence-corrected chi connectivity index (χ4v) is 4.66. The Morgan fingerprint density at radius 1 is 1.03 bits per heavy atom. The fourth-order valence-electron chi connectivity index (χ4n) is 3.70. The number of hydrogen-bond donors (Lipinski definition) is 1. The summed E-state index contributed by atoms with van der Waals surface area (Å²) in [5, 5.41) is 11.2. The Bertz CT molecular complexity index is 1440. The number of aromatic amines is 1. The molecule has 6 nitrogen and oxygen atoms in total. The van der Waals surface area contributed by atoms with Crippen molar-refractivity contribution in [3.63, 3.8) is 0 Å². The van der Waals surface area contributed by atoms with Gasteiger partial charge in [-0.1, -0.05) is 53.7 Å². The van der Waals surface area contributed by atoms with Gasteiger partial charge in [0, 0.05) is 33.4 Å². The van der Waals surface area contributed by atoms with Crippen LogP contribution in [0, 0.1) is 0 Å². The fraction of sp³-hybridized carbons (Fsp3) is 0.0800. The minimum atomic E-state index is -0.0447. The molecule has 0 atom stereocenters. The average Bonchev–Trinajstić information content (AvgIpc) is 3.47. The number of halogens is 1. The van der Waals surface area contributed by atoms with Crippen molar-refractivity contribution >= 4 is 40.0 Å². The van der Waals surface area contributed by atoms with Crippen LogP contribution in [-0.2, 0) is 0 Å². The molecule has 5 rings (SSSR count). The zero-order chi connectivity index (χ0) is 22.8. The number of carbonyl (C=O) groups excluding carboxylic acids is 1. The topological polar surface area (TPSA) is 72.8 Å². The van der Waals surface area contributed by atoms with Crippen LogP contribution in [0.3, 0.4) is 0 Å². The molecule has 1 N–H and O–H groups in total. The summed E-state index contributed by atoms with van der Waals surface area (Å²) in [6.45, 7) is 0. The number of fused-ring (bicyclic) bond motifs is 1. The molecule has 3 aromatic carbocycles. The van der Waals surface area contributed by atoms with E-state index in [0.717, 1.165) is 22.2 Å². The lowest BCUT2D eigenvalue weighted by molar-refractivity contribution is 0.101. The normalized spacial score (nSPS) is 11.1. The third kappa shape index (κ3) is 4.13. The lowest BCUT2D eigenvalue weighted by Crippen LogP contribution is -2.06. The number of ketones is 1. The van der Waals surface area contributed by atoms with Crippen molar-refractivity contribution in [1.29, 1.82) is 0 Å². The summed E-state index contributed by atoms with van der Waals surface area (Å²) >= 11 is 7.45. The van der Waals surface area contributed by atoms with Crippen molar-refractivity contribution in [2.75, 3.05) is 12.9 Å². The molecule has 0 saturated carbocycles. The van der Waals surface area contributed by atoms with Gasteiger partial charge in [-0.15, -0.1) is 10.2 Å². The number of para-hydroxylation sites is 2. The van der Waals surface area contributed by atoms with Gasteiger partial charge in [0.1, 0.15) is 5.75 Å². The first-order valence-electron chi connectivity index (χ1n) is 10.2. The van der Waals surface area contributed by atoms with E-state index in [0.29, 0.717) is 27.3 Å². The monoisotopic (exact) mass is 474 g/mol. The minimum Gasteiger partial charge on any atom is -0.496 e. The quantitative estimate of drug-likeness (QED) is 0.229. The molecule has 0 bridgehead atoms. The number of nitrogens with one attached hydrogen (secondary N) is 1. The highest BCUT2D eigenvalue weighted by atomic mass is 35.5. The SMILES string of the molecule is COc1ccccc1C(=O)CSc1nnc(-c2c[nH]c3ccccc23)n1-c1ccc(Cl)cc1. The zero-order valence-corrected chi connectivity index (χ0v) is 19.2. The lowest BCUT2D eigenvalue weighted by Gasteiger charge is -2.11. The van der Waals surface area contributed by atoms with Gasteiger partial charge in [0.2, 0.25) is 0 Å². The predicted molar refractivity (Wildman–Crippen MR) is 132 cm³/mol. The van der Waals surface area contributed by atoms with Crippen molar-refractivity contribution in [3.8, 4) is 22.8 Å². The second-order valence-electron chi connectivity index (χ2n) is 7.28. The number of Topliss-reactive ketones (excluding diaryl/α,β-unsaturated/α-hetero) is 1. The van der Waals surface area contributed by atoms with Crippen LogP contribution in [0.4, 0.5) is 0 Å². The highest BCUT2D eigenvalue weighted by molar-refractivity contribution is 7.99. The van der Waals surface area contributed by atoms with Gasteiger partial charge in [-0.2, -0.15) is 0 Å². The van der Waals surface area contributed by atoms with Crippen LogP contribution in [0.1, 0.15) is 10.4 Å². The second-order valence-corrected chi connectivity index (χ2v) is 8.66. The molecule has 0 radical (unpaired) electrons. The first-order chi connectivity index (χ1) is 16.2. The van der Waals surface area contributed by atoms with Gasteiger partial charge in [-0.25, -0.2) is 0 Å². The molecule has 0 aliphatic carbocycles. The van der Waals surface area contributed by atoms with Crippen molar-refractivity contribution < 1.29 is 9.53 Å². The van der Waals surface area contributed by atoms with Gasteiger partial charge in [-0.3, -0.25) is 9.36 Å². The van der Waals surface area contributed by atoms with E-state index < -0.39 is 0 Å². The Hall–Kier alpha value is -3.55. The molecule has 0 aliphatic rings. The number of hydrogen-bond acceptors (Lipinski definition) is 5. The van der Waals surface area contributed by atoms with E-state index in [4.69, 9.17) is 16.3 Å². The summed E-state index contributed by atoms with van der Waals surface area (Å²) < 4.78 is 7.29. The molecule has 0 amide bonds. The number of methoxy groups -OCH3 is 1. The Balaban J connectivity index is 1.54. The van der Waals surface area contributed by atoms with Gasteiger partial charge in [0.15, 0.2) is 16.8 Å².